The van der Waals surface area contributed by atoms with Crippen molar-refractivity contribution in [3.63, 3.8) is 0 Å². The van der Waals surface area contributed by atoms with Gasteiger partial charge in [0.2, 0.25) is 5.91 Å². The summed E-state index contributed by atoms with van der Waals surface area (Å²) < 4.78 is 5.02. The second-order valence-corrected chi connectivity index (χ2v) is 6.84. The molecule has 0 saturated carbocycles. The summed E-state index contributed by atoms with van der Waals surface area (Å²) in [5.41, 5.74) is 1.08. The minimum atomic E-state index is -0.663. The normalized spacial score (nSPS) is 11.1. The van der Waals surface area contributed by atoms with E-state index in [2.05, 4.69) is 5.32 Å². The molecule has 1 aromatic heterocycles. The zero-order valence-electron chi connectivity index (χ0n) is 13.8. The van der Waals surface area contributed by atoms with Crippen LogP contribution in [0.15, 0.2) is 36.4 Å². The van der Waals surface area contributed by atoms with Gasteiger partial charge in [-0.1, -0.05) is 30.3 Å². The average Bonchev–Trinajstić information content (AvgIpc) is 2.89. The van der Waals surface area contributed by atoms with Crippen molar-refractivity contribution in [2.24, 2.45) is 0 Å². The molecule has 5 heteroatoms. The highest BCUT2D eigenvalue weighted by Crippen LogP contribution is 2.30. The highest BCUT2D eigenvalue weighted by molar-refractivity contribution is 7.18. The monoisotopic (exact) mass is 331 g/mol. The van der Waals surface area contributed by atoms with Crippen LogP contribution < -0.4 is 5.32 Å². The van der Waals surface area contributed by atoms with Crippen LogP contribution >= 0.6 is 11.3 Å². The molecule has 0 atom stereocenters. The second-order valence-electron chi connectivity index (χ2n) is 5.79. The van der Waals surface area contributed by atoms with Crippen molar-refractivity contribution >= 4 is 28.2 Å². The molecule has 1 N–H and O–H groups in total. The molecule has 4 nitrogen and oxygen atoms in total. The largest absolute Gasteiger partial charge is 0.462 e. The predicted octanol–water partition coefficient (Wildman–Crippen LogP) is 4.15. The molecule has 1 amide bonds. The number of esters is 1. The third-order valence-electron chi connectivity index (χ3n) is 3.68. The Hall–Kier alpha value is -2.14. The number of aryl methyl sites for hydroxylation is 1. The first kappa shape index (κ1) is 17.2. The zero-order valence-corrected chi connectivity index (χ0v) is 14.6. The minimum absolute atomic E-state index is 0.111. The van der Waals surface area contributed by atoms with Gasteiger partial charge in [0.1, 0.15) is 4.88 Å². The Bertz CT molecular complexity index is 704. The summed E-state index contributed by atoms with van der Waals surface area (Å²) in [5, 5.41) is 3.56. The zero-order chi connectivity index (χ0) is 17.0. The molecule has 0 radical (unpaired) electrons. The number of carbonyl (C=O) groups excluding carboxylic acids is 2. The van der Waals surface area contributed by atoms with Crippen molar-refractivity contribution in [2.45, 2.75) is 33.1 Å². The van der Waals surface area contributed by atoms with Crippen LogP contribution in [0.2, 0.25) is 0 Å². The molecular weight excluding hydrogens is 310 g/mol. The molecular formula is C18H21NO3S. The summed E-state index contributed by atoms with van der Waals surface area (Å²) in [4.78, 5) is 25.0. The number of rotatable bonds is 5. The molecule has 122 valence electrons. The van der Waals surface area contributed by atoms with Crippen LogP contribution in [-0.2, 0) is 14.9 Å². The first-order chi connectivity index (χ1) is 10.9. The lowest BCUT2D eigenvalue weighted by molar-refractivity contribution is -0.120. The number of benzene rings is 1. The van der Waals surface area contributed by atoms with Crippen molar-refractivity contribution in [1.82, 2.24) is 0 Å². The average molecular weight is 331 g/mol. The van der Waals surface area contributed by atoms with Crippen LogP contribution in [0.4, 0.5) is 5.00 Å². The van der Waals surface area contributed by atoms with E-state index in [-0.39, 0.29) is 11.9 Å². The Morgan fingerprint density at radius 2 is 1.87 bits per heavy atom. The minimum Gasteiger partial charge on any atom is -0.462 e. The van der Waals surface area contributed by atoms with E-state index in [1.165, 1.54) is 11.3 Å². The molecule has 0 aliphatic heterocycles. The van der Waals surface area contributed by atoms with E-state index in [0.29, 0.717) is 16.5 Å². The maximum Gasteiger partial charge on any atom is 0.348 e. The summed E-state index contributed by atoms with van der Waals surface area (Å²) in [5.74, 6) is -0.460. The molecule has 23 heavy (non-hydrogen) atoms. The predicted molar refractivity (Wildman–Crippen MR) is 93.1 cm³/mol. The van der Waals surface area contributed by atoms with E-state index in [1.807, 2.05) is 51.1 Å². The molecule has 0 aliphatic carbocycles. The lowest BCUT2D eigenvalue weighted by atomic mass is 9.84. The number of anilines is 1. The van der Waals surface area contributed by atoms with Gasteiger partial charge in [0, 0.05) is 0 Å². The van der Waals surface area contributed by atoms with Crippen LogP contribution in [0.25, 0.3) is 0 Å². The third kappa shape index (κ3) is 3.79. The number of ether oxygens (including phenoxy) is 1. The maximum atomic E-state index is 12.6. The van der Waals surface area contributed by atoms with Crippen molar-refractivity contribution in [1.29, 1.82) is 0 Å². The van der Waals surface area contributed by atoms with Crippen LogP contribution in [-0.4, -0.2) is 18.5 Å². The van der Waals surface area contributed by atoms with Gasteiger partial charge in [-0.05, 0) is 44.9 Å². The van der Waals surface area contributed by atoms with Gasteiger partial charge in [-0.2, -0.15) is 0 Å². The number of amides is 1. The Kier molecular flexibility index (Phi) is 5.21. The molecule has 0 unspecified atom stereocenters. The molecule has 0 fully saturated rings. The molecule has 0 aliphatic rings. The second kappa shape index (κ2) is 6.96. The first-order valence-corrected chi connectivity index (χ1v) is 8.32. The van der Waals surface area contributed by atoms with Crippen molar-refractivity contribution in [2.75, 3.05) is 11.9 Å². The number of hydrogen-bond acceptors (Lipinski definition) is 4. The van der Waals surface area contributed by atoms with E-state index < -0.39 is 5.41 Å². The Morgan fingerprint density at radius 1 is 1.22 bits per heavy atom. The molecule has 1 heterocycles. The standard InChI is InChI=1S/C18H21NO3S/c1-5-22-16(20)15-12(2)11-14(23-15)19-17(21)18(3,4)13-9-7-6-8-10-13/h6-11H,5H2,1-4H3,(H,19,21). The quantitative estimate of drug-likeness (QED) is 0.837. The van der Waals surface area contributed by atoms with Crippen molar-refractivity contribution in [3.05, 3.63) is 52.4 Å². The van der Waals surface area contributed by atoms with Crippen LogP contribution in [0, 0.1) is 6.92 Å². The fraction of sp³-hybridized carbons (Fsp3) is 0.333. The fourth-order valence-electron chi connectivity index (χ4n) is 2.20. The van der Waals surface area contributed by atoms with Gasteiger partial charge >= 0.3 is 5.97 Å². The number of nitrogens with one attached hydrogen (secondary N) is 1. The van der Waals surface area contributed by atoms with E-state index in [0.717, 1.165) is 11.1 Å². The fourth-order valence-corrected chi connectivity index (χ4v) is 3.16. The van der Waals surface area contributed by atoms with Gasteiger partial charge in [0.25, 0.3) is 0 Å². The third-order valence-corrected chi connectivity index (χ3v) is 4.81. The summed E-state index contributed by atoms with van der Waals surface area (Å²) >= 11 is 1.24. The molecule has 1 aromatic carbocycles. The van der Waals surface area contributed by atoms with Gasteiger partial charge in [-0.15, -0.1) is 11.3 Å². The molecule has 0 bridgehead atoms. The number of thiophene rings is 1. The van der Waals surface area contributed by atoms with Gasteiger partial charge in [0.05, 0.1) is 17.0 Å². The van der Waals surface area contributed by atoms with Gasteiger partial charge in [-0.3, -0.25) is 4.79 Å². The smallest absolute Gasteiger partial charge is 0.348 e. The number of hydrogen-bond donors (Lipinski definition) is 1. The lowest BCUT2D eigenvalue weighted by Gasteiger charge is -2.23. The summed E-state index contributed by atoms with van der Waals surface area (Å²) in [7, 11) is 0. The van der Waals surface area contributed by atoms with Gasteiger partial charge in [0.15, 0.2) is 0 Å². The highest BCUT2D eigenvalue weighted by atomic mass is 32.1. The van der Waals surface area contributed by atoms with Gasteiger partial charge in [-0.25, -0.2) is 4.79 Å². The van der Waals surface area contributed by atoms with Crippen LogP contribution in [0.5, 0.6) is 0 Å². The van der Waals surface area contributed by atoms with Crippen molar-refractivity contribution in [3.8, 4) is 0 Å². The SMILES string of the molecule is CCOC(=O)c1sc(NC(=O)C(C)(C)c2ccccc2)cc1C. The van der Waals surface area contributed by atoms with E-state index >= 15 is 0 Å². The molecule has 0 spiro atoms. The molecule has 2 rings (SSSR count). The number of carbonyl (C=O) groups is 2. The molecule has 0 saturated heterocycles. The van der Waals surface area contributed by atoms with Crippen LogP contribution in [0.1, 0.15) is 41.6 Å². The summed E-state index contributed by atoms with van der Waals surface area (Å²) in [6.07, 6.45) is 0. The molecule has 2 aromatic rings. The highest BCUT2D eigenvalue weighted by Gasteiger charge is 2.30. The maximum absolute atomic E-state index is 12.6. The Morgan fingerprint density at radius 3 is 2.48 bits per heavy atom. The topological polar surface area (TPSA) is 55.4 Å². The van der Waals surface area contributed by atoms with E-state index in [1.54, 1.807) is 13.0 Å². The van der Waals surface area contributed by atoms with E-state index in [9.17, 15) is 9.59 Å². The van der Waals surface area contributed by atoms with Crippen molar-refractivity contribution < 1.29 is 14.3 Å². The first-order valence-electron chi connectivity index (χ1n) is 7.50. The summed E-state index contributed by atoms with van der Waals surface area (Å²) in [6.45, 7) is 7.69. The Labute approximate surface area is 140 Å². The van der Waals surface area contributed by atoms with Crippen LogP contribution in [0.3, 0.4) is 0 Å². The summed E-state index contributed by atoms with van der Waals surface area (Å²) in [6, 6.07) is 11.4. The lowest BCUT2D eigenvalue weighted by Crippen LogP contribution is -2.34. The Balaban J connectivity index is 2.18. The van der Waals surface area contributed by atoms with Gasteiger partial charge < -0.3 is 10.1 Å². The van der Waals surface area contributed by atoms with E-state index in [4.69, 9.17) is 4.74 Å².